The Balaban J connectivity index is 2.46. The van der Waals surface area contributed by atoms with E-state index in [1.807, 2.05) is 56.9 Å². The van der Waals surface area contributed by atoms with Gasteiger partial charge in [-0.1, -0.05) is 38.1 Å². The van der Waals surface area contributed by atoms with Gasteiger partial charge in [-0.05, 0) is 44.7 Å². The first kappa shape index (κ1) is 19.3. The fraction of sp³-hybridized carbons (Fsp3) is 0.600. The summed E-state index contributed by atoms with van der Waals surface area (Å²) in [6, 6.07) is 7.26. The van der Waals surface area contributed by atoms with E-state index in [4.69, 9.17) is 4.74 Å². The van der Waals surface area contributed by atoms with Gasteiger partial charge in [0, 0.05) is 19.6 Å². The van der Waals surface area contributed by atoms with E-state index in [1.165, 1.54) is 0 Å². The number of amides is 2. The van der Waals surface area contributed by atoms with Crippen LogP contribution in [0.15, 0.2) is 24.3 Å². The largest absolute Gasteiger partial charge is 0.444 e. The second-order valence-electron chi connectivity index (χ2n) is 7.78. The van der Waals surface area contributed by atoms with Crippen LogP contribution in [0.3, 0.4) is 0 Å². The molecule has 0 radical (unpaired) electrons. The second-order valence-corrected chi connectivity index (χ2v) is 7.78. The number of piperazine rings is 1. The average molecular weight is 346 g/mol. The van der Waals surface area contributed by atoms with Gasteiger partial charge in [-0.3, -0.25) is 9.69 Å². The van der Waals surface area contributed by atoms with Gasteiger partial charge >= 0.3 is 6.09 Å². The van der Waals surface area contributed by atoms with Crippen LogP contribution in [0.2, 0.25) is 0 Å². The van der Waals surface area contributed by atoms with Crippen LogP contribution in [0.5, 0.6) is 0 Å². The van der Waals surface area contributed by atoms with E-state index in [2.05, 4.69) is 13.8 Å². The van der Waals surface area contributed by atoms with E-state index in [1.54, 1.807) is 4.90 Å². The van der Waals surface area contributed by atoms with Crippen molar-refractivity contribution in [3.8, 4) is 0 Å². The van der Waals surface area contributed by atoms with Gasteiger partial charge < -0.3 is 9.64 Å². The smallest absolute Gasteiger partial charge is 0.411 e. The van der Waals surface area contributed by atoms with Crippen molar-refractivity contribution in [3.05, 3.63) is 35.4 Å². The van der Waals surface area contributed by atoms with Gasteiger partial charge in [0.1, 0.15) is 11.6 Å². The zero-order chi connectivity index (χ0) is 18.8. The zero-order valence-electron chi connectivity index (χ0n) is 16.2. The molecule has 25 heavy (non-hydrogen) atoms. The Morgan fingerprint density at radius 1 is 1.24 bits per heavy atom. The molecule has 1 fully saturated rings. The fourth-order valence-electron chi connectivity index (χ4n) is 3.19. The van der Waals surface area contributed by atoms with Crippen molar-refractivity contribution < 1.29 is 14.3 Å². The molecule has 0 aliphatic carbocycles. The van der Waals surface area contributed by atoms with Crippen molar-refractivity contribution in [3.63, 3.8) is 0 Å². The van der Waals surface area contributed by atoms with E-state index in [0.29, 0.717) is 19.6 Å². The molecule has 1 atom stereocenters. The maximum Gasteiger partial charge on any atom is 0.411 e. The first-order chi connectivity index (χ1) is 11.7. The number of rotatable bonds is 3. The molecule has 5 heteroatoms. The highest BCUT2D eigenvalue weighted by Gasteiger charge is 2.40. The number of hydrogen-bond acceptors (Lipinski definition) is 3. The van der Waals surface area contributed by atoms with E-state index < -0.39 is 17.7 Å². The highest BCUT2D eigenvalue weighted by atomic mass is 16.6. The predicted molar refractivity (Wildman–Crippen MR) is 98.5 cm³/mol. The van der Waals surface area contributed by atoms with Gasteiger partial charge in [-0.2, -0.15) is 0 Å². The standard InChI is InChI=1S/C20H30N2O3/c1-7-21-12-13-22(19(24)25-20(4,5)6)17(18(21)23)16-11-9-8-10-15(16)14(2)3/h8-11,14,17H,7,12-13H2,1-6H3. The van der Waals surface area contributed by atoms with Crippen molar-refractivity contribution in [1.29, 1.82) is 0 Å². The fourth-order valence-corrected chi connectivity index (χ4v) is 3.19. The third-order valence-electron chi connectivity index (χ3n) is 4.39. The molecule has 0 N–H and O–H groups in total. The van der Waals surface area contributed by atoms with Crippen molar-refractivity contribution in [2.24, 2.45) is 0 Å². The summed E-state index contributed by atoms with van der Waals surface area (Å²) < 4.78 is 5.56. The molecule has 0 saturated carbocycles. The Morgan fingerprint density at radius 2 is 1.88 bits per heavy atom. The summed E-state index contributed by atoms with van der Waals surface area (Å²) in [6.07, 6.45) is -0.430. The molecule has 1 aliphatic rings. The highest BCUT2D eigenvalue weighted by molar-refractivity contribution is 5.88. The summed E-state index contributed by atoms with van der Waals surface area (Å²) in [4.78, 5) is 29.2. The molecule has 0 bridgehead atoms. The third-order valence-corrected chi connectivity index (χ3v) is 4.39. The summed E-state index contributed by atoms with van der Waals surface area (Å²) in [6.45, 7) is 13.3. The quantitative estimate of drug-likeness (QED) is 0.833. The van der Waals surface area contributed by atoms with Gasteiger partial charge in [0.05, 0.1) is 0 Å². The van der Waals surface area contributed by atoms with E-state index in [0.717, 1.165) is 11.1 Å². The maximum atomic E-state index is 13.1. The number of ether oxygens (including phenoxy) is 1. The minimum absolute atomic E-state index is 0.0345. The van der Waals surface area contributed by atoms with Crippen molar-refractivity contribution in [2.45, 2.75) is 59.1 Å². The molecule has 2 amide bonds. The molecule has 1 aromatic rings. The lowest BCUT2D eigenvalue weighted by Gasteiger charge is -2.41. The summed E-state index contributed by atoms with van der Waals surface area (Å²) in [5.74, 6) is 0.231. The topological polar surface area (TPSA) is 49.9 Å². The Hall–Kier alpha value is -2.04. The van der Waals surface area contributed by atoms with Crippen molar-refractivity contribution >= 4 is 12.0 Å². The summed E-state index contributed by atoms with van der Waals surface area (Å²) in [5, 5.41) is 0. The van der Waals surface area contributed by atoms with Crippen LogP contribution in [0.25, 0.3) is 0 Å². The molecule has 1 heterocycles. The average Bonchev–Trinajstić information content (AvgIpc) is 2.52. The second kappa shape index (κ2) is 7.46. The first-order valence-electron chi connectivity index (χ1n) is 9.03. The SMILES string of the molecule is CCN1CCN(C(=O)OC(C)(C)C)C(c2ccccc2C(C)C)C1=O. The van der Waals surface area contributed by atoms with Crippen LogP contribution >= 0.6 is 0 Å². The summed E-state index contributed by atoms with van der Waals surface area (Å²) in [5.41, 5.74) is 1.39. The molecular formula is C20H30N2O3. The monoisotopic (exact) mass is 346 g/mol. The van der Waals surface area contributed by atoms with Crippen LogP contribution < -0.4 is 0 Å². The molecule has 138 valence electrons. The first-order valence-corrected chi connectivity index (χ1v) is 9.03. The lowest BCUT2D eigenvalue weighted by Crippen LogP contribution is -2.55. The molecule has 0 aromatic heterocycles. The highest BCUT2D eigenvalue weighted by Crippen LogP contribution is 2.33. The van der Waals surface area contributed by atoms with Gasteiger partial charge in [0.2, 0.25) is 5.91 Å². The molecule has 1 unspecified atom stereocenters. The van der Waals surface area contributed by atoms with Crippen molar-refractivity contribution in [1.82, 2.24) is 9.80 Å². The van der Waals surface area contributed by atoms with Crippen LogP contribution in [-0.2, 0) is 9.53 Å². The molecule has 0 spiro atoms. The predicted octanol–water partition coefficient (Wildman–Crippen LogP) is 3.95. The number of nitrogens with zero attached hydrogens (tertiary/aromatic N) is 2. The zero-order valence-corrected chi connectivity index (χ0v) is 16.2. The lowest BCUT2D eigenvalue weighted by molar-refractivity contribution is -0.141. The molecule has 1 saturated heterocycles. The minimum atomic E-state index is -0.623. The molecule has 5 nitrogen and oxygen atoms in total. The summed E-state index contributed by atoms with van der Waals surface area (Å²) in [7, 11) is 0. The third kappa shape index (κ3) is 4.33. The Kier molecular flexibility index (Phi) is 5.76. The van der Waals surface area contributed by atoms with Gasteiger partial charge in [-0.25, -0.2) is 4.79 Å². The number of hydrogen-bond donors (Lipinski definition) is 0. The lowest BCUT2D eigenvalue weighted by atomic mass is 9.90. The number of benzene rings is 1. The molecule has 1 aromatic carbocycles. The Bertz CT molecular complexity index is 634. The number of carbonyl (C=O) groups is 2. The number of likely N-dealkylation sites (N-methyl/N-ethyl adjacent to an activating group) is 1. The van der Waals surface area contributed by atoms with Crippen molar-refractivity contribution in [2.75, 3.05) is 19.6 Å². The molecular weight excluding hydrogens is 316 g/mol. The summed E-state index contributed by atoms with van der Waals surface area (Å²) >= 11 is 0. The van der Waals surface area contributed by atoms with Gasteiger partial charge in [-0.15, -0.1) is 0 Å². The minimum Gasteiger partial charge on any atom is -0.444 e. The van der Waals surface area contributed by atoms with Gasteiger partial charge in [0.15, 0.2) is 0 Å². The van der Waals surface area contributed by atoms with E-state index in [-0.39, 0.29) is 11.8 Å². The van der Waals surface area contributed by atoms with Crippen LogP contribution in [0, 0.1) is 0 Å². The number of carbonyl (C=O) groups excluding carboxylic acids is 2. The Morgan fingerprint density at radius 3 is 2.44 bits per heavy atom. The molecule has 2 rings (SSSR count). The van der Waals surface area contributed by atoms with E-state index in [9.17, 15) is 9.59 Å². The van der Waals surface area contributed by atoms with E-state index >= 15 is 0 Å². The molecule has 1 aliphatic heterocycles. The van der Waals surface area contributed by atoms with Crippen LogP contribution in [-0.4, -0.2) is 47.0 Å². The van der Waals surface area contributed by atoms with Crippen LogP contribution in [0.1, 0.15) is 64.6 Å². The van der Waals surface area contributed by atoms with Crippen LogP contribution in [0.4, 0.5) is 4.79 Å². The maximum absolute atomic E-state index is 13.1. The normalized spacial score (nSPS) is 18.7. The van der Waals surface area contributed by atoms with Gasteiger partial charge in [0.25, 0.3) is 0 Å². The Labute approximate surface area is 150 Å².